The molecule has 2 heterocycles. The number of hydrogen-bond donors (Lipinski definition) is 1. The van der Waals surface area contributed by atoms with Crippen molar-refractivity contribution in [2.75, 3.05) is 6.61 Å². The van der Waals surface area contributed by atoms with Crippen LogP contribution >= 0.6 is 0 Å². The number of nitrogens with zero attached hydrogens (tertiary/aromatic N) is 3. The van der Waals surface area contributed by atoms with Gasteiger partial charge in [-0.2, -0.15) is 9.97 Å². The van der Waals surface area contributed by atoms with E-state index in [4.69, 9.17) is 14.0 Å². The molecule has 156 valence electrons. The van der Waals surface area contributed by atoms with Crippen LogP contribution < -0.4 is 14.8 Å². The number of ether oxygens (including phenoxy) is 2. The average Bonchev–Trinajstić information content (AvgIpc) is 3.58. The molecule has 2 aromatic rings. The van der Waals surface area contributed by atoms with Crippen LogP contribution in [0.2, 0.25) is 0 Å². The molecule has 8 nitrogen and oxygen atoms in total. The van der Waals surface area contributed by atoms with Gasteiger partial charge < -0.3 is 19.3 Å². The molecule has 0 aromatic carbocycles. The third kappa shape index (κ3) is 5.46. The molecule has 0 radical (unpaired) electrons. The maximum absolute atomic E-state index is 12.5. The highest BCUT2D eigenvalue weighted by Gasteiger charge is 2.30. The normalized spacial score (nSPS) is 17.2. The lowest BCUT2D eigenvalue weighted by atomic mass is 10.0. The van der Waals surface area contributed by atoms with E-state index >= 15 is 0 Å². The summed E-state index contributed by atoms with van der Waals surface area (Å²) in [6.45, 7) is 6.52. The predicted octanol–water partition coefficient (Wildman–Crippen LogP) is 4.32. The van der Waals surface area contributed by atoms with Gasteiger partial charge in [-0.1, -0.05) is 19.0 Å². The summed E-state index contributed by atoms with van der Waals surface area (Å²) >= 11 is 0. The van der Waals surface area contributed by atoms with Gasteiger partial charge >= 0.3 is 6.09 Å². The van der Waals surface area contributed by atoms with E-state index in [0.717, 1.165) is 18.4 Å². The first-order valence-electron chi connectivity index (χ1n) is 10.4. The predicted molar refractivity (Wildman–Crippen MR) is 105 cm³/mol. The smallest absolute Gasteiger partial charge is 0.414 e. The lowest BCUT2D eigenvalue weighted by molar-refractivity contribution is 0.190. The number of hydrogen-bond acceptors (Lipinski definition) is 7. The van der Waals surface area contributed by atoms with E-state index in [1.807, 2.05) is 6.07 Å². The Bertz CT molecular complexity index is 858. The largest absolute Gasteiger partial charge is 0.477 e. The maximum Gasteiger partial charge on any atom is 0.414 e. The fourth-order valence-corrected chi connectivity index (χ4v) is 3.22. The first-order chi connectivity index (χ1) is 14.0. The monoisotopic (exact) mass is 400 g/mol. The van der Waals surface area contributed by atoms with E-state index in [-0.39, 0.29) is 5.88 Å². The second-order valence-corrected chi connectivity index (χ2v) is 8.46. The fraction of sp³-hybridized carbons (Fsp3) is 0.619. The standard InChI is InChI=1S/C21H28N4O4/c1-12(2)10-17(19-22-13(3)29-25-19)23-21(26)28-18-9-8-16(15-6-7-15)20(24-18)27-11-14-4-5-14/h8-9,12,14-15,17H,4-7,10-11H2,1-3H3,(H,23,26). The van der Waals surface area contributed by atoms with Crippen LogP contribution in [0, 0.1) is 18.8 Å². The highest BCUT2D eigenvalue weighted by molar-refractivity contribution is 5.70. The van der Waals surface area contributed by atoms with Gasteiger partial charge in [-0.3, -0.25) is 0 Å². The number of pyridine rings is 1. The summed E-state index contributed by atoms with van der Waals surface area (Å²) < 4.78 is 16.4. The molecular formula is C21H28N4O4. The van der Waals surface area contributed by atoms with Crippen molar-refractivity contribution in [2.24, 2.45) is 11.8 Å². The highest BCUT2D eigenvalue weighted by Crippen LogP contribution is 2.44. The van der Waals surface area contributed by atoms with Gasteiger partial charge in [-0.15, -0.1) is 0 Å². The molecule has 1 N–H and O–H groups in total. The van der Waals surface area contributed by atoms with E-state index < -0.39 is 12.1 Å². The van der Waals surface area contributed by atoms with Crippen molar-refractivity contribution in [3.63, 3.8) is 0 Å². The Morgan fingerprint density at radius 3 is 2.66 bits per heavy atom. The summed E-state index contributed by atoms with van der Waals surface area (Å²) in [7, 11) is 0. The van der Waals surface area contributed by atoms with Gasteiger partial charge in [-0.25, -0.2) is 4.79 Å². The van der Waals surface area contributed by atoms with Crippen molar-refractivity contribution >= 4 is 6.09 Å². The molecule has 1 unspecified atom stereocenters. The van der Waals surface area contributed by atoms with Gasteiger partial charge in [0.15, 0.2) is 5.82 Å². The summed E-state index contributed by atoms with van der Waals surface area (Å²) in [5.41, 5.74) is 1.11. The van der Waals surface area contributed by atoms with Gasteiger partial charge in [0.05, 0.1) is 12.6 Å². The number of aromatic nitrogens is 3. The van der Waals surface area contributed by atoms with E-state index in [1.54, 1.807) is 13.0 Å². The second kappa shape index (κ2) is 8.39. The third-order valence-corrected chi connectivity index (χ3v) is 5.09. The zero-order chi connectivity index (χ0) is 20.4. The minimum atomic E-state index is -0.599. The molecule has 4 rings (SSSR count). The Balaban J connectivity index is 1.42. The first-order valence-corrected chi connectivity index (χ1v) is 10.4. The molecule has 2 aliphatic carbocycles. The summed E-state index contributed by atoms with van der Waals surface area (Å²) in [6.07, 6.45) is 4.80. The van der Waals surface area contributed by atoms with Crippen molar-refractivity contribution in [3.05, 3.63) is 29.4 Å². The minimum absolute atomic E-state index is 0.227. The van der Waals surface area contributed by atoms with E-state index in [1.165, 1.54) is 12.8 Å². The van der Waals surface area contributed by atoms with Crippen LogP contribution in [0.5, 0.6) is 11.8 Å². The van der Waals surface area contributed by atoms with Gasteiger partial charge in [0.2, 0.25) is 17.7 Å². The molecule has 2 saturated carbocycles. The van der Waals surface area contributed by atoms with Crippen LogP contribution in [0.1, 0.15) is 75.2 Å². The molecular weight excluding hydrogens is 372 g/mol. The quantitative estimate of drug-likeness (QED) is 0.669. The third-order valence-electron chi connectivity index (χ3n) is 5.09. The Kier molecular flexibility index (Phi) is 5.69. The summed E-state index contributed by atoms with van der Waals surface area (Å²) in [6, 6.07) is 3.30. The van der Waals surface area contributed by atoms with Crippen LogP contribution in [0.3, 0.4) is 0 Å². The Morgan fingerprint density at radius 2 is 2.03 bits per heavy atom. The topological polar surface area (TPSA) is 99.4 Å². The van der Waals surface area contributed by atoms with Crippen molar-refractivity contribution in [1.29, 1.82) is 0 Å². The van der Waals surface area contributed by atoms with Gasteiger partial charge in [0.1, 0.15) is 0 Å². The van der Waals surface area contributed by atoms with Crippen molar-refractivity contribution in [1.82, 2.24) is 20.4 Å². The zero-order valence-corrected chi connectivity index (χ0v) is 17.2. The molecule has 1 atom stereocenters. The van der Waals surface area contributed by atoms with Crippen LogP contribution in [-0.4, -0.2) is 27.8 Å². The Labute approximate surface area is 170 Å². The van der Waals surface area contributed by atoms with E-state index in [9.17, 15) is 4.79 Å². The van der Waals surface area contributed by atoms with Gasteiger partial charge in [-0.05, 0) is 55.9 Å². The van der Waals surface area contributed by atoms with Crippen LogP contribution in [-0.2, 0) is 0 Å². The number of nitrogens with one attached hydrogen (secondary N) is 1. The van der Waals surface area contributed by atoms with Crippen LogP contribution in [0.4, 0.5) is 4.79 Å². The molecule has 29 heavy (non-hydrogen) atoms. The lowest BCUT2D eigenvalue weighted by Gasteiger charge is -2.17. The maximum atomic E-state index is 12.5. The number of rotatable bonds is 9. The Morgan fingerprint density at radius 1 is 1.24 bits per heavy atom. The highest BCUT2D eigenvalue weighted by atomic mass is 16.6. The average molecular weight is 400 g/mol. The second-order valence-electron chi connectivity index (χ2n) is 8.46. The molecule has 2 aliphatic rings. The van der Waals surface area contributed by atoms with E-state index in [0.29, 0.717) is 48.4 Å². The zero-order valence-electron chi connectivity index (χ0n) is 17.2. The number of amides is 1. The molecule has 0 spiro atoms. The summed E-state index contributed by atoms with van der Waals surface area (Å²) in [5, 5.41) is 6.76. The number of aryl methyl sites for hydroxylation is 1. The van der Waals surface area contributed by atoms with Crippen molar-refractivity contribution in [3.8, 4) is 11.8 Å². The first kappa shape index (κ1) is 19.7. The van der Waals surface area contributed by atoms with Crippen molar-refractivity contribution < 1.29 is 18.8 Å². The molecule has 1 amide bonds. The molecule has 0 aliphatic heterocycles. The molecule has 0 saturated heterocycles. The number of carbonyl (C=O) groups is 1. The lowest BCUT2D eigenvalue weighted by Crippen LogP contribution is -2.32. The minimum Gasteiger partial charge on any atom is -0.477 e. The SMILES string of the molecule is Cc1nc(C(CC(C)C)NC(=O)Oc2ccc(C3CC3)c(OCC3CC3)n2)no1. The fourth-order valence-electron chi connectivity index (χ4n) is 3.22. The summed E-state index contributed by atoms with van der Waals surface area (Å²) in [5.74, 6) is 3.20. The molecule has 2 fully saturated rings. The van der Waals surface area contributed by atoms with Gasteiger partial charge in [0, 0.05) is 18.6 Å². The van der Waals surface area contributed by atoms with E-state index in [2.05, 4.69) is 34.3 Å². The number of carbonyl (C=O) groups excluding carboxylic acids is 1. The molecule has 8 heteroatoms. The summed E-state index contributed by atoms with van der Waals surface area (Å²) in [4.78, 5) is 21.2. The Hall–Kier alpha value is -2.64. The van der Waals surface area contributed by atoms with Gasteiger partial charge in [0.25, 0.3) is 0 Å². The van der Waals surface area contributed by atoms with Crippen LogP contribution in [0.15, 0.2) is 16.7 Å². The molecule has 2 aromatic heterocycles. The van der Waals surface area contributed by atoms with Crippen LogP contribution in [0.25, 0.3) is 0 Å². The van der Waals surface area contributed by atoms with Crippen molar-refractivity contribution in [2.45, 2.75) is 64.8 Å². The molecule has 0 bridgehead atoms.